The predicted molar refractivity (Wildman–Crippen MR) is 79.9 cm³/mol. The normalized spacial score (nSPS) is 16.7. The SMILES string of the molecule is CCN1CCN(c2c(C)cc([N+](=O)[O-])cc2Br)CC1. The maximum absolute atomic E-state index is 10.8. The number of nitro groups is 1. The van der Waals surface area contributed by atoms with E-state index in [9.17, 15) is 10.1 Å². The van der Waals surface area contributed by atoms with E-state index in [1.807, 2.05) is 6.92 Å². The summed E-state index contributed by atoms with van der Waals surface area (Å²) in [5, 5.41) is 10.8. The van der Waals surface area contributed by atoms with Gasteiger partial charge in [-0.1, -0.05) is 6.92 Å². The number of likely N-dealkylation sites (N-methyl/N-ethyl adjacent to an activating group) is 1. The zero-order chi connectivity index (χ0) is 14.0. The molecule has 6 heteroatoms. The summed E-state index contributed by atoms with van der Waals surface area (Å²) in [4.78, 5) is 15.2. The fourth-order valence-corrected chi connectivity index (χ4v) is 3.31. The van der Waals surface area contributed by atoms with Gasteiger partial charge in [-0.25, -0.2) is 0 Å². The second-order valence-corrected chi connectivity index (χ2v) is 5.63. The van der Waals surface area contributed by atoms with E-state index < -0.39 is 0 Å². The Morgan fingerprint density at radius 1 is 1.32 bits per heavy atom. The molecule has 1 saturated heterocycles. The molecule has 1 heterocycles. The lowest BCUT2D eigenvalue weighted by molar-refractivity contribution is -0.385. The summed E-state index contributed by atoms with van der Waals surface area (Å²) in [7, 11) is 0. The fraction of sp³-hybridized carbons (Fsp3) is 0.538. The average Bonchev–Trinajstić information content (AvgIpc) is 2.38. The molecule has 2 rings (SSSR count). The summed E-state index contributed by atoms with van der Waals surface area (Å²) < 4.78 is 0.809. The van der Waals surface area contributed by atoms with Gasteiger partial charge in [-0.3, -0.25) is 10.1 Å². The van der Waals surface area contributed by atoms with Gasteiger partial charge in [0.1, 0.15) is 0 Å². The minimum Gasteiger partial charge on any atom is -0.368 e. The van der Waals surface area contributed by atoms with Gasteiger partial charge in [0, 0.05) is 42.8 Å². The van der Waals surface area contributed by atoms with Gasteiger partial charge in [0.05, 0.1) is 10.6 Å². The molecule has 1 aliphatic rings. The molecule has 5 nitrogen and oxygen atoms in total. The Labute approximate surface area is 121 Å². The van der Waals surface area contributed by atoms with Crippen molar-refractivity contribution in [3.63, 3.8) is 0 Å². The lowest BCUT2D eigenvalue weighted by Gasteiger charge is -2.36. The highest BCUT2D eigenvalue weighted by Gasteiger charge is 2.21. The Hall–Kier alpha value is -1.14. The van der Waals surface area contributed by atoms with Crippen LogP contribution in [0.1, 0.15) is 12.5 Å². The Morgan fingerprint density at radius 2 is 1.95 bits per heavy atom. The highest BCUT2D eigenvalue weighted by Crippen LogP contribution is 2.34. The lowest BCUT2D eigenvalue weighted by Crippen LogP contribution is -2.46. The van der Waals surface area contributed by atoms with E-state index in [0.29, 0.717) is 0 Å². The number of halogens is 1. The third kappa shape index (κ3) is 3.06. The van der Waals surface area contributed by atoms with E-state index in [2.05, 4.69) is 32.7 Å². The van der Waals surface area contributed by atoms with Gasteiger partial charge < -0.3 is 9.80 Å². The number of nitro benzene ring substituents is 1. The summed E-state index contributed by atoms with van der Waals surface area (Å²) in [6, 6.07) is 3.24. The first-order valence-corrected chi connectivity index (χ1v) is 7.24. The van der Waals surface area contributed by atoms with Crippen LogP contribution < -0.4 is 4.90 Å². The molecule has 0 spiro atoms. The summed E-state index contributed by atoms with van der Waals surface area (Å²) in [6.07, 6.45) is 0. The number of non-ortho nitro benzene ring substituents is 1. The first kappa shape index (κ1) is 14.3. The van der Waals surface area contributed by atoms with Crippen molar-refractivity contribution < 1.29 is 4.92 Å². The first-order valence-electron chi connectivity index (χ1n) is 6.44. The van der Waals surface area contributed by atoms with Crippen LogP contribution in [0.25, 0.3) is 0 Å². The Balaban J connectivity index is 2.24. The van der Waals surface area contributed by atoms with E-state index in [1.54, 1.807) is 12.1 Å². The van der Waals surface area contributed by atoms with Gasteiger partial charge in [-0.15, -0.1) is 0 Å². The monoisotopic (exact) mass is 327 g/mol. The van der Waals surface area contributed by atoms with Gasteiger partial charge in [0.15, 0.2) is 0 Å². The molecule has 0 amide bonds. The van der Waals surface area contributed by atoms with Crippen molar-refractivity contribution >= 4 is 27.3 Å². The molecule has 19 heavy (non-hydrogen) atoms. The van der Waals surface area contributed by atoms with Gasteiger partial charge in [-0.05, 0) is 35.0 Å². The Bertz CT molecular complexity index is 462. The molecule has 1 aliphatic heterocycles. The number of rotatable bonds is 3. The number of nitrogens with zero attached hydrogens (tertiary/aromatic N) is 3. The second-order valence-electron chi connectivity index (χ2n) is 4.77. The van der Waals surface area contributed by atoms with Crippen molar-refractivity contribution in [1.82, 2.24) is 4.90 Å². The lowest BCUT2D eigenvalue weighted by atomic mass is 10.1. The van der Waals surface area contributed by atoms with Crippen molar-refractivity contribution in [2.75, 3.05) is 37.6 Å². The molecule has 0 unspecified atom stereocenters. The Kier molecular flexibility index (Phi) is 4.42. The maximum atomic E-state index is 10.8. The van der Waals surface area contributed by atoms with Crippen LogP contribution in [0.15, 0.2) is 16.6 Å². The largest absolute Gasteiger partial charge is 0.368 e. The molecule has 0 radical (unpaired) electrons. The standard InChI is InChI=1S/C13H18BrN3O2/c1-3-15-4-6-16(7-5-15)13-10(2)8-11(17(18)19)9-12(13)14/h8-9H,3-7H2,1-2H3. The minimum atomic E-state index is -0.351. The van der Waals surface area contributed by atoms with Crippen LogP contribution in [0, 0.1) is 17.0 Å². The molecule has 1 aromatic rings. The molecule has 0 atom stereocenters. The molecule has 0 bridgehead atoms. The van der Waals surface area contributed by atoms with Crippen LogP contribution in [0.2, 0.25) is 0 Å². The maximum Gasteiger partial charge on any atom is 0.270 e. The number of aryl methyl sites for hydroxylation is 1. The van der Waals surface area contributed by atoms with E-state index in [4.69, 9.17) is 0 Å². The van der Waals surface area contributed by atoms with Crippen LogP contribution in [0.3, 0.4) is 0 Å². The predicted octanol–water partition coefficient (Wildman–Crippen LogP) is 2.81. The molecule has 0 saturated carbocycles. The average molecular weight is 328 g/mol. The topological polar surface area (TPSA) is 49.6 Å². The van der Waals surface area contributed by atoms with Gasteiger partial charge in [0.25, 0.3) is 5.69 Å². The van der Waals surface area contributed by atoms with E-state index in [1.165, 1.54) is 0 Å². The fourth-order valence-electron chi connectivity index (χ4n) is 2.51. The third-order valence-corrected chi connectivity index (χ3v) is 4.19. The molecular formula is C13H18BrN3O2. The highest BCUT2D eigenvalue weighted by atomic mass is 79.9. The summed E-state index contributed by atoms with van der Waals surface area (Å²) in [6.45, 7) is 9.19. The van der Waals surface area contributed by atoms with Crippen LogP contribution >= 0.6 is 15.9 Å². The van der Waals surface area contributed by atoms with Gasteiger partial charge in [0.2, 0.25) is 0 Å². The van der Waals surface area contributed by atoms with E-state index in [-0.39, 0.29) is 10.6 Å². The summed E-state index contributed by atoms with van der Waals surface area (Å²) >= 11 is 3.47. The van der Waals surface area contributed by atoms with Crippen molar-refractivity contribution in [3.05, 3.63) is 32.3 Å². The van der Waals surface area contributed by atoms with Crippen LogP contribution in [0.4, 0.5) is 11.4 Å². The minimum absolute atomic E-state index is 0.139. The van der Waals surface area contributed by atoms with Crippen molar-refractivity contribution in [1.29, 1.82) is 0 Å². The van der Waals surface area contributed by atoms with Crippen molar-refractivity contribution in [3.8, 4) is 0 Å². The van der Waals surface area contributed by atoms with Crippen LogP contribution in [-0.2, 0) is 0 Å². The molecule has 0 aromatic heterocycles. The molecule has 0 N–H and O–H groups in total. The Morgan fingerprint density at radius 3 is 2.42 bits per heavy atom. The quantitative estimate of drug-likeness (QED) is 0.632. The van der Waals surface area contributed by atoms with Crippen LogP contribution in [0.5, 0.6) is 0 Å². The molecule has 1 fully saturated rings. The number of hydrogen-bond acceptors (Lipinski definition) is 4. The summed E-state index contributed by atoms with van der Waals surface area (Å²) in [5.41, 5.74) is 2.17. The second kappa shape index (κ2) is 5.88. The molecule has 0 aliphatic carbocycles. The van der Waals surface area contributed by atoms with Crippen molar-refractivity contribution in [2.45, 2.75) is 13.8 Å². The van der Waals surface area contributed by atoms with Crippen molar-refractivity contribution in [2.24, 2.45) is 0 Å². The smallest absolute Gasteiger partial charge is 0.270 e. The number of benzene rings is 1. The van der Waals surface area contributed by atoms with Gasteiger partial charge in [-0.2, -0.15) is 0 Å². The molecular weight excluding hydrogens is 310 g/mol. The van der Waals surface area contributed by atoms with E-state index >= 15 is 0 Å². The first-order chi connectivity index (χ1) is 9.02. The number of hydrogen-bond donors (Lipinski definition) is 0. The van der Waals surface area contributed by atoms with E-state index in [0.717, 1.165) is 48.4 Å². The van der Waals surface area contributed by atoms with Gasteiger partial charge >= 0.3 is 0 Å². The third-order valence-electron chi connectivity index (χ3n) is 3.59. The molecule has 1 aromatic carbocycles. The molecule has 104 valence electrons. The number of piperazine rings is 1. The zero-order valence-corrected chi connectivity index (χ0v) is 12.8. The zero-order valence-electron chi connectivity index (χ0n) is 11.2. The van der Waals surface area contributed by atoms with Crippen LogP contribution in [-0.4, -0.2) is 42.5 Å². The number of anilines is 1. The highest BCUT2D eigenvalue weighted by molar-refractivity contribution is 9.10. The summed E-state index contributed by atoms with van der Waals surface area (Å²) in [5.74, 6) is 0.